The third-order valence-corrected chi connectivity index (χ3v) is 9.72. The summed E-state index contributed by atoms with van der Waals surface area (Å²) in [7, 11) is 0. The third kappa shape index (κ3) is 4.93. The standard InChI is InChI=1S/C25H30N4O3S3/c1-3-12-29-22(17-13-33-18-10-6-5-8-15(17)18)27-28-25(29)34-14-20(30)26-23-21(24(31)32-4-2)16-9-7-11-19(16)35-23/h13H,3-12,14H2,1-2H3,(H,26,30). The number of aromatic nitrogens is 3. The minimum atomic E-state index is -0.346. The fraction of sp³-hybridized carbons (Fsp3) is 0.520. The summed E-state index contributed by atoms with van der Waals surface area (Å²) in [5.41, 5.74) is 4.22. The zero-order valence-corrected chi connectivity index (χ0v) is 22.6. The van der Waals surface area contributed by atoms with E-state index in [2.05, 4.69) is 32.4 Å². The van der Waals surface area contributed by atoms with E-state index in [1.165, 1.54) is 56.8 Å². The Bertz CT molecular complexity index is 1240. The first kappa shape index (κ1) is 24.5. The van der Waals surface area contributed by atoms with Crippen LogP contribution in [0.1, 0.15) is 70.8 Å². The highest BCUT2D eigenvalue weighted by Gasteiger charge is 2.28. The summed E-state index contributed by atoms with van der Waals surface area (Å²) in [4.78, 5) is 28.2. The molecular weight excluding hydrogens is 501 g/mol. The van der Waals surface area contributed by atoms with Crippen LogP contribution in [0.15, 0.2) is 10.5 Å². The van der Waals surface area contributed by atoms with Gasteiger partial charge in [-0.25, -0.2) is 4.79 Å². The second-order valence-electron chi connectivity index (χ2n) is 8.83. The molecule has 3 aromatic rings. The van der Waals surface area contributed by atoms with E-state index < -0.39 is 0 Å². The maximum atomic E-state index is 12.9. The van der Waals surface area contributed by atoms with Gasteiger partial charge in [0, 0.05) is 27.2 Å². The molecule has 1 amide bonds. The van der Waals surface area contributed by atoms with Crippen LogP contribution in [-0.2, 0) is 41.8 Å². The highest BCUT2D eigenvalue weighted by Crippen LogP contribution is 2.40. The first-order valence-electron chi connectivity index (χ1n) is 12.4. The van der Waals surface area contributed by atoms with Gasteiger partial charge in [-0.1, -0.05) is 18.7 Å². The summed E-state index contributed by atoms with van der Waals surface area (Å²) in [6.45, 7) is 5.06. The number of carbonyl (C=O) groups is 2. The van der Waals surface area contributed by atoms with Crippen molar-refractivity contribution in [3.05, 3.63) is 31.8 Å². The monoisotopic (exact) mass is 530 g/mol. The molecule has 3 heterocycles. The average Bonchev–Trinajstić information content (AvgIpc) is 3.61. The lowest BCUT2D eigenvalue weighted by Crippen LogP contribution is -2.17. The number of fused-ring (bicyclic) bond motifs is 2. The van der Waals surface area contributed by atoms with Crippen LogP contribution in [0.4, 0.5) is 5.00 Å². The third-order valence-electron chi connectivity index (χ3n) is 6.45. The zero-order chi connectivity index (χ0) is 24.4. The van der Waals surface area contributed by atoms with E-state index in [9.17, 15) is 9.59 Å². The minimum absolute atomic E-state index is 0.152. The molecule has 0 spiro atoms. The van der Waals surface area contributed by atoms with Crippen LogP contribution in [0.5, 0.6) is 0 Å². The number of hydrogen-bond acceptors (Lipinski definition) is 8. The Balaban J connectivity index is 1.31. The van der Waals surface area contributed by atoms with Crippen LogP contribution >= 0.6 is 34.4 Å². The van der Waals surface area contributed by atoms with Gasteiger partial charge in [0.2, 0.25) is 5.91 Å². The molecule has 0 unspecified atom stereocenters. The number of hydrogen-bond donors (Lipinski definition) is 1. The van der Waals surface area contributed by atoms with Crippen LogP contribution in [0.3, 0.4) is 0 Å². The predicted octanol–water partition coefficient (Wildman–Crippen LogP) is 5.75. The van der Waals surface area contributed by atoms with Gasteiger partial charge in [-0.15, -0.1) is 32.9 Å². The van der Waals surface area contributed by atoms with Crippen LogP contribution in [0.25, 0.3) is 11.4 Å². The Hall–Kier alpha value is -2.17. The minimum Gasteiger partial charge on any atom is -0.462 e. The van der Waals surface area contributed by atoms with Gasteiger partial charge in [-0.05, 0) is 69.4 Å². The van der Waals surface area contributed by atoms with E-state index in [1.807, 2.05) is 11.3 Å². The predicted molar refractivity (Wildman–Crippen MR) is 142 cm³/mol. The topological polar surface area (TPSA) is 86.1 Å². The number of ether oxygens (including phenoxy) is 1. The second kappa shape index (κ2) is 10.8. The van der Waals surface area contributed by atoms with E-state index in [4.69, 9.17) is 4.74 Å². The molecule has 0 saturated carbocycles. The lowest BCUT2D eigenvalue weighted by atomic mass is 9.95. The number of thioether (sulfide) groups is 1. The van der Waals surface area contributed by atoms with Crippen LogP contribution in [0, 0.1) is 0 Å². The Morgan fingerprint density at radius 1 is 1.09 bits per heavy atom. The average molecular weight is 531 g/mol. The molecule has 2 aliphatic rings. The zero-order valence-electron chi connectivity index (χ0n) is 20.1. The van der Waals surface area contributed by atoms with Gasteiger partial charge in [0.1, 0.15) is 5.00 Å². The van der Waals surface area contributed by atoms with Crippen LogP contribution in [-0.4, -0.2) is 39.0 Å². The smallest absolute Gasteiger partial charge is 0.341 e. The van der Waals surface area contributed by atoms with Gasteiger partial charge in [-0.3, -0.25) is 4.79 Å². The molecule has 10 heteroatoms. The first-order valence-corrected chi connectivity index (χ1v) is 15.1. The first-order chi connectivity index (χ1) is 17.1. The number of nitrogens with one attached hydrogen (secondary N) is 1. The lowest BCUT2D eigenvalue weighted by molar-refractivity contribution is -0.113. The number of rotatable bonds is 9. The number of aryl methyl sites for hydroxylation is 2. The molecule has 0 aromatic carbocycles. The maximum absolute atomic E-state index is 12.9. The van der Waals surface area contributed by atoms with Crippen molar-refractivity contribution in [2.24, 2.45) is 0 Å². The van der Waals surface area contributed by atoms with Crippen molar-refractivity contribution in [1.82, 2.24) is 14.8 Å². The second-order valence-corrected chi connectivity index (χ2v) is 11.8. The van der Waals surface area contributed by atoms with Gasteiger partial charge in [0.25, 0.3) is 0 Å². The van der Waals surface area contributed by atoms with Crippen molar-refractivity contribution < 1.29 is 14.3 Å². The van der Waals surface area contributed by atoms with Gasteiger partial charge >= 0.3 is 5.97 Å². The molecule has 0 bridgehead atoms. The van der Waals surface area contributed by atoms with Crippen molar-refractivity contribution >= 4 is 51.3 Å². The summed E-state index contributed by atoms with van der Waals surface area (Å²) >= 11 is 4.73. The van der Waals surface area contributed by atoms with E-state index in [0.717, 1.165) is 61.6 Å². The van der Waals surface area contributed by atoms with Crippen molar-refractivity contribution in [1.29, 1.82) is 0 Å². The number of esters is 1. The van der Waals surface area contributed by atoms with Gasteiger partial charge in [-0.2, -0.15) is 0 Å². The largest absolute Gasteiger partial charge is 0.462 e. The molecule has 0 fully saturated rings. The molecule has 186 valence electrons. The number of thiophene rings is 2. The van der Waals surface area contributed by atoms with Crippen molar-refractivity contribution in [3.8, 4) is 11.4 Å². The lowest BCUT2D eigenvalue weighted by Gasteiger charge is -2.13. The molecular formula is C25H30N4O3S3. The van der Waals surface area contributed by atoms with E-state index in [-0.39, 0.29) is 17.6 Å². The SMILES string of the molecule is CCCn1c(SCC(=O)Nc2sc3c(c2C(=O)OCC)CCC3)nnc1-c1csc2c1CCCC2. The molecule has 0 radical (unpaired) electrons. The molecule has 5 rings (SSSR count). The fourth-order valence-electron chi connectivity index (χ4n) is 4.91. The Morgan fingerprint density at radius 2 is 1.89 bits per heavy atom. The molecule has 35 heavy (non-hydrogen) atoms. The number of carbonyl (C=O) groups excluding carboxylic acids is 2. The van der Waals surface area contributed by atoms with E-state index in [1.54, 1.807) is 6.92 Å². The maximum Gasteiger partial charge on any atom is 0.341 e. The number of nitrogens with zero attached hydrogens (tertiary/aromatic N) is 3. The van der Waals surface area contributed by atoms with E-state index >= 15 is 0 Å². The number of anilines is 1. The van der Waals surface area contributed by atoms with Gasteiger partial charge in [0.05, 0.1) is 17.9 Å². The summed E-state index contributed by atoms with van der Waals surface area (Å²) in [5, 5.41) is 15.6. The molecule has 2 aliphatic carbocycles. The Kier molecular flexibility index (Phi) is 7.59. The fourth-order valence-corrected chi connectivity index (χ4v) is 8.09. The van der Waals surface area contributed by atoms with Crippen molar-refractivity contribution in [2.75, 3.05) is 17.7 Å². The van der Waals surface area contributed by atoms with Gasteiger partial charge < -0.3 is 14.6 Å². The molecule has 7 nitrogen and oxygen atoms in total. The normalized spacial score (nSPS) is 14.6. The summed E-state index contributed by atoms with van der Waals surface area (Å²) in [5.74, 6) is 0.615. The number of amides is 1. The van der Waals surface area contributed by atoms with Crippen LogP contribution < -0.4 is 5.32 Å². The highest BCUT2D eigenvalue weighted by molar-refractivity contribution is 7.99. The molecule has 0 atom stereocenters. The summed E-state index contributed by atoms with van der Waals surface area (Å²) in [6.07, 6.45) is 8.55. The van der Waals surface area contributed by atoms with Crippen LogP contribution in [0.2, 0.25) is 0 Å². The van der Waals surface area contributed by atoms with E-state index in [0.29, 0.717) is 17.2 Å². The summed E-state index contributed by atoms with van der Waals surface area (Å²) in [6, 6.07) is 0. The quantitative estimate of drug-likeness (QED) is 0.280. The highest BCUT2D eigenvalue weighted by atomic mass is 32.2. The van der Waals surface area contributed by atoms with Crippen molar-refractivity contribution in [3.63, 3.8) is 0 Å². The van der Waals surface area contributed by atoms with Crippen molar-refractivity contribution in [2.45, 2.75) is 76.9 Å². The summed E-state index contributed by atoms with van der Waals surface area (Å²) < 4.78 is 7.43. The molecule has 1 N–H and O–H groups in total. The molecule has 0 saturated heterocycles. The van der Waals surface area contributed by atoms with Gasteiger partial charge in [0.15, 0.2) is 11.0 Å². The Morgan fingerprint density at radius 3 is 2.71 bits per heavy atom. The molecule has 3 aromatic heterocycles. The molecule has 0 aliphatic heterocycles. The Labute approximate surface area is 217 Å².